The summed E-state index contributed by atoms with van der Waals surface area (Å²) in [5.41, 5.74) is 4.03. The molecule has 1 amide bonds. The van der Waals surface area contributed by atoms with Crippen LogP contribution < -0.4 is 10.2 Å². The monoisotopic (exact) mass is 416 g/mol. The van der Waals surface area contributed by atoms with Crippen molar-refractivity contribution in [3.8, 4) is 0 Å². The van der Waals surface area contributed by atoms with Crippen LogP contribution in [0.4, 0.5) is 5.69 Å². The Morgan fingerprint density at radius 1 is 1.21 bits per heavy atom. The molecule has 1 N–H and O–H groups in total. The second-order valence-electron chi connectivity index (χ2n) is 9.25. The number of thiocarbonyl (C=S) groups is 1. The molecule has 1 atom stereocenters. The van der Waals surface area contributed by atoms with E-state index in [9.17, 15) is 4.79 Å². The molecule has 2 saturated heterocycles. The number of hydrogen-bond donors (Lipinski definition) is 1. The summed E-state index contributed by atoms with van der Waals surface area (Å²) in [7, 11) is 0. The lowest BCUT2D eigenvalue weighted by atomic mass is 9.93. The first-order chi connectivity index (χ1) is 13.7. The van der Waals surface area contributed by atoms with Crippen LogP contribution in [0.5, 0.6) is 0 Å². The molecule has 6 heteroatoms. The lowest BCUT2D eigenvalue weighted by Crippen LogP contribution is -2.60. The molecule has 0 bridgehead atoms. The summed E-state index contributed by atoms with van der Waals surface area (Å²) >= 11 is 5.55. The first-order valence-electron chi connectivity index (χ1n) is 10.9. The minimum atomic E-state index is 0.0537. The number of rotatable bonds is 5. The molecule has 0 radical (unpaired) electrons. The molecule has 0 spiro atoms. The van der Waals surface area contributed by atoms with Crippen molar-refractivity contribution >= 4 is 28.9 Å². The Kier molecular flexibility index (Phi) is 6.72. The van der Waals surface area contributed by atoms with Gasteiger partial charge in [-0.2, -0.15) is 0 Å². The van der Waals surface area contributed by atoms with Crippen molar-refractivity contribution in [1.29, 1.82) is 0 Å². The molecule has 0 saturated carbocycles. The summed E-state index contributed by atoms with van der Waals surface area (Å²) in [4.78, 5) is 19.4. The zero-order valence-electron chi connectivity index (χ0n) is 18.6. The number of aryl methyl sites for hydroxylation is 1. The summed E-state index contributed by atoms with van der Waals surface area (Å²) in [5.74, 6) is 0.273. The van der Waals surface area contributed by atoms with Crippen LogP contribution in [0.2, 0.25) is 0 Å². The topological polar surface area (TPSA) is 38.8 Å². The number of hydrogen-bond acceptors (Lipinski definition) is 3. The molecule has 160 valence electrons. The Morgan fingerprint density at radius 2 is 1.90 bits per heavy atom. The molecule has 2 fully saturated rings. The standard InChI is InChI=1S/C23H36N4OS/c1-17-8-6-9-20(19(17)3)25-12-14-26(15-13-25)21(28)10-7-11-27-18(2)16-23(4,5)24-22(27)29/h6,8-9,18H,7,10-16H2,1-5H3,(H,24,29)/t18-/m1/s1. The molecule has 3 rings (SSSR count). The van der Waals surface area contributed by atoms with Gasteiger partial charge in [0.05, 0.1) is 0 Å². The third-order valence-corrected chi connectivity index (χ3v) is 6.72. The Hall–Kier alpha value is -1.82. The maximum Gasteiger partial charge on any atom is 0.222 e. The second kappa shape index (κ2) is 8.90. The van der Waals surface area contributed by atoms with Gasteiger partial charge < -0.3 is 20.0 Å². The van der Waals surface area contributed by atoms with Crippen LogP contribution in [0.15, 0.2) is 18.2 Å². The van der Waals surface area contributed by atoms with Crippen LogP contribution in [0.25, 0.3) is 0 Å². The quantitative estimate of drug-likeness (QED) is 0.744. The van der Waals surface area contributed by atoms with E-state index >= 15 is 0 Å². The summed E-state index contributed by atoms with van der Waals surface area (Å²) < 4.78 is 0. The Labute approximate surface area is 181 Å². The average Bonchev–Trinajstić information content (AvgIpc) is 2.65. The van der Waals surface area contributed by atoms with Crippen molar-refractivity contribution in [2.24, 2.45) is 0 Å². The van der Waals surface area contributed by atoms with Gasteiger partial charge in [0.1, 0.15) is 0 Å². The first kappa shape index (κ1) is 21.9. The third kappa shape index (κ3) is 5.21. The van der Waals surface area contributed by atoms with Gasteiger partial charge in [-0.05, 0) is 76.9 Å². The van der Waals surface area contributed by atoms with E-state index in [1.165, 1.54) is 16.8 Å². The number of nitrogens with zero attached hydrogens (tertiary/aromatic N) is 3. The summed E-state index contributed by atoms with van der Waals surface area (Å²) in [6.07, 6.45) is 2.50. The van der Waals surface area contributed by atoms with Crippen molar-refractivity contribution in [2.75, 3.05) is 37.6 Å². The van der Waals surface area contributed by atoms with Crippen molar-refractivity contribution in [3.05, 3.63) is 29.3 Å². The maximum absolute atomic E-state index is 12.7. The summed E-state index contributed by atoms with van der Waals surface area (Å²) in [5, 5.41) is 4.25. The van der Waals surface area contributed by atoms with Gasteiger partial charge in [0.2, 0.25) is 5.91 Å². The zero-order valence-corrected chi connectivity index (χ0v) is 19.4. The van der Waals surface area contributed by atoms with Crippen molar-refractivity contribution < 1.29 is 4.79 Å². The van der Waals surface area contributed by atoms with Gasteiger partial charge in [0.15, 0.2) is 5.11 Å². The number of carbonyl (C=O) groups excluding carboxylic acids is 1. The van der Waals surface area contributed by atoms with Crippen molar-refractivity contribution in [3.63, 3.8) is 0 Å². The minimum Gasteiger partial charge on any atom is -0.368 e. The van der Waals surface area contributed by atoms with E-state index in [-0.39, 0.29) is 11.4 Å². The lowest BCUT2D eigenvalue weighted by Gasteiger charge is -2.45. The number of nitrogens with one attached hydrogen (secondary N) is 1. The molecular weight excluding hydrogens is 380 g/mol. The zero-order chi connectivity index (χ0) is 21.2. The van der Waals surface area contributed by atoms with E-state index in [2.05, 4.69) is 67.9 Å². The largest absolute Gasteiger partial charge is 0.368 e. The lowest BCUT2D eigenvalue weighted by molar-refractivity contribution is -0.131. The van der Waals surface area contributed by atoms with Crippen molar-refractivity contribution in [2.45, 2.75) is 65.5 Å². The fourth-order valence-electron chi connectivity index (χ4n) is 4.62. The molecular formula is C23H36N4OS. The van der Waals surface area contributed by atoms with E-state index in [1.54, 1.807) is 0 Å². The molecule has 2 heterocycles. The van der Waals surface area contributed by atoms with Gasteiger partial charge in [0, 0.05) is 56.4 Å². The van der Waals surface area contributed by atoms with E-state index in [0.717, 1.165) is 50.7 Å². The SMILES string of the molecule is Cc1cccc(N2CCN(C(=O)CCCN3C(=S)NC(C)(C)C[C@H]3C)CC2)c1C. The van der Waals surface area contributed by atoms with Crippen LogP contribution in [0, 0.1) is 13.8 Å². The first-order valence-corrected chi connectivity index (χ1v) is 11.3. The predicted molar refractivity (Wildman–Crippen MR) is 125 cm³/mol. The van der Waals surface area contributed by atoms with Gasteiger partial charge in [-0.1, -0.05) is 12.1 Å². The molecule has 2 aliphatic rings. The van der Waals surface area contributed by atoms with E-state index in [1.807, 2.05) is 4.90 Å². The maximum atomic E-state index is 12.7. The minimum absolute atomic E-state index is 0.0537. The number of benzene rings is 1. The van der Waals surface area contributed by atoms with Gasteiger partial charge in [0.25, 0.3) is 0 Å². The normalized spacial score (nSPS) is 21.9. The summed E-state index contributed by atoms with van der Waals surface area (Å²) in [6, 6.07) is 6.88. The van der Waals surface area contributed by atoms with Gasteiger partial charge in [-0.15, -0.1) is 0 Å². The Balaban J connectivity index is 1.44. The molecule has 2 aliphatic heterocycles. The molecule has 0 aromatic heterocycles. The Bertz CT molecular complexity index is 755. The third-order valence-electron chi connectivity index (χ3n) is 6.38. The fraction of sp³-hybridized carbons (Fsp3) is 0.652. The van der Waals surface area contributed by atoms with Gasteiger partial charge in [-0.25, -0.2) is 0 Å². The highest BCUT2D eigenvalue weighted by Gasteiger charge is 2.33. The predicted octanol–water partition coefficient (Wildman–Crippen LogP) is 3.48. The van der Waals surface area contributed by atoms with Crippen LogP contribution >= 0.6 is 12.2 Å². The number of piperazine rings is 1. The van der Waals surface area contributed by atoms with Gasteiger partial charge in [-0.3, -0.25) is 4.79 Å². The highest BCUT2D eigenvalue weighted by Crippen LogP contribution is 2.25. The number of anilines is 1. The van der Waals surface area contributed by atoms with Crippen molar-refractivity contribution in [1.82, 2.24) is 15.1 Å². The smallest absolute Gasteiger partial charge is 0.222 e. The fourth-order valence-corrected chi connectivity index (χ4v) is 5.16. The van der Waals surface area contributed by atoms with E-state index < -0.39 is 0 Å². The molecule has 0 unspecified atom stereocenters. The molecule has 1 aromatic carbocycles. The van der Waals surface area contributed by atoms with Crippen LogP contribution in [0.1, 0.15) is 51.2 Å². The molecule has 29 heavy (non-hydrogen) atoms. The number of carbonyl (C=O) groups is 1. The van der Waals surface area contributed by atoms with Crippen LogP contribution in [0.3, 0.4) is 0 Å². The highest BCUT2D eigenvalue weighted by molar-refractivity contribution is 7.80. The molecule has 1 aromatic rings. The number of amides is 1. The average molecular weight is 417 g/mol. The highest BCUT2D eigenvalue weighted by atomic mass is 32.1. The Morgan fingerprint density at radius 3 is 2.55 bits per heavy atom. The van der Waals surface area contributed by atoms with Crippen LogP contribution in [-0.4, -0.2) is 65.1 Å². The summed E-state index contributed by atoms with van der Waals surface area (Å²) in [6.45, 7) is 15.2. The molecule has 5 nitrogen and oxygen atoms in total. The van der Waals surface area contributed by atoms with E-state index in [0.29, 0.717) is 12.5 Å². The van der Waals surface area contributed by atoms with E-state index in [4.69, 9.17) is 12.2 Å². The second-order valence-corrected chi connectivity index (χ2v) is 9.64. The van der Waals surface area contributed by atoms with Crippen LogP contribution in [-0.2, 0) is 4.79 Å². The molecule has 0 aliphatic carbocycles. The van der Waals surface area contributed by atoms with Gasteiger partial charge >= 0.3 is 0 Å².